The van der Waals surface area contributed by atoms with Gasteiger partial charge in [-0.2, -0.15) is 5.48 Å². The molecule has 1 amide bonds. The maximum Gasteiger partial charge on any atom is 0.336 e. The summed E-state index contributed by atoms with van der Waals surface area (Å²) in [7, 11) is 3.71. The molecule has 25 heavy (non-hydrogen) atoms. The predicted molar refractivity (Wildman–Crippen MR) is 90.0 cm³/mol. The lowest BCUT2D eigenvalue weighted by Gasteiger charge is -2.13. The van der Waals surface area contributed by atoms with Crippen molar-refractivity contribution in [3.8, 4) is 0 Å². The molecular formula is C17H18N2O6. The van der Waals surface area contributed by atoms with Crippen LogP contribution in [0.25, 0.3) is 11.0 Å². The van der Waals surface area contributed by atoms with Crippen molar-refractivity contribution in [1.29, 1.82) is 0 Å². The molecule has 1 aromatic heterocycles. The molecule has 1 N–H and O–H groups in total. The first-order chi connectivity index (χ1) is 11.9. The molecule has 0 fully saturated rings. The molecule has 0 unspecified atom stereocenters. The van der Waals surface area contributed by atoms with Crippen LogP contribution in [0, 0.1) is 0 Å². The van der Waals surface area contributed by atoms with Crippen LogP contribution < -0.4 is 16.0 Å². The van der Waals surface area contributed by atoms with Crippen LogP contribution in [-0.4, -0.2) is 32.3 Å². The third-order valence-electron chi connectivity index (χ3n) is 3.43. The standard InChI is InChI=1S/C17H18N2O6/c1-19(2)12-5-6-13-11(8-16(22)24-14(13)10-12)9-17(23)25-18-15(21)4-3-7-20/h5-8,10H,3-4,9H2,1-2H3,(H,18,21). The summed E-state index contributed by atoms with van der Waals surface area (Å²) in [6, 6.07) is 6.50. The summed E-state index contributed by atoms with van der Waals surface area (Å²) in [4.78, 5) is 51.6. The average molecular weight is 346 g/mol. The lowest BCUT2D eigenvalue weighted by molar-refractivity contribution is -0.157. The molecular weight excluding hydrogens is 328 g/mol. The molecule has 0 radical (unpaired) electrons. The van der Waals surface area contributed by atoms with Crippen LogP contribution >= 0.6 is 0 Å². The smallest absolute Gasteiger partial charge is 0.336 e. The third-order valence-corrected chi connectivity index (χ3v) is 3.43. The highest BCUT2D eigenvalue weighted by molar-refractivity contribution is 5.87. The summed E-state index contributed by atoms with van der Waals surface area (Å²) in [5.41, 5.74) is 3.02. The summed E-state index contributed by atoms with van der Waals surface area (Å²) in [5, 5.41) is 0.606. The summed E-state index contributed by atoms with van der Waals surface area (Å²) in [5.74, 6) is -1.31. The minimum Gasteiger partial charge on any atom is -0.423 e. The van der Waals surface area contributed by atoms with Crippen molar-refractivity contribution in [2.24, 2.45) is 0 Å². The van der Waals surface area contributed by atoms with Gasteiger partial charge in [0.1, 0.15) is 11.9 Å². The number of nitrogens with zero attached hydrogens (tertiary/aromatic N) is 1. The number of hydrogen-bond donors (Lipinski definition) is 1. The number of fused-ring (bicyclic) bond motifs is 1. The highest BCUT2D eigenvalue weighted by Gasteiger charge is 2.13. The van der Waals surface area contributed by atoms with Crippen molar-refractivity contribution >= 4 is 34.8 Å². The zero-order chi connectivity index (χ0) is 18.4. The summed E-state index contributed by atoms with van der Waals surface area (Å²) >= 11 is 0. The van der Waals surface area contributed by atoms with E-state index < -0.39 is 17.5 Å². The van der Waals surface area contributed by atoms with E-state index in [1.54, 1.807) is 12.1 Å². The van der Waals surface area contributed by atoms with Gasteiger partial charge in [-0.05, 0) is 17.7 Å². The van der Waals surface area contributed by atoms with Crippen molar-refractivity contribution in [3.63, 3.8) is 0 Å². The zero-order valence-corrected chi connectivity index (χ0v) is 13.9. The van der Waals surface area contributed by atoms with Gasteiger partial charge in [-0.25, -0.2) is 9.59 Å². The quantitative estimate of drug-likeness (QED) is 0.471. The minimum absolute atomic E-state index is 0.0436. The van der Waals surface area contributed by atoms with Gasteiger partial charge in [0, 0.05) is 50.1 Å². The second kappa shape index (κ2) is 8.09. The first kappa shape index (κ1) is 18.2. The molecule has 0 saturated heterocycles. The first-order valence-electron chi connectivity index (χ1n) is 7.57. The van der Waals surface area contributed by atoms with E-state index in [0.717, 1.165) is 5.69 Å². The topological polar surface area (TPSA) is 106 Å². The van der Waals surface area contributed by atoms with Gasteiger partial charge >= 0.3 is 11.6 Å². The minimum atomic E-state index is -0.733. The Hall–Kier alpha value is -3.16. The molecule has 132 valence electrons. The van der Waals surface area contributed by atoms with E-state index in [9.17, 15) is 19.2 Å². The number of aldehydes is 1. The van der Waals surface area contributed by atoms with E-state index in [0.29, 0.717) is 22.8 Å². The molecule has 2 aromatic rings. The Morgan fingerprint density at radius 2 is 2.04 bits per heavy atom. The number of amides is 1. The van der Waals surface area contributed by atoms with E-state index in [2.05, 4.69) is 4.84 Å². The Balaban J connectivity index is 2.14. The van der Waals surface area contributed by atoms with E-state index in [4.69, 9.17) is 4.42 Å². The van der Waals surface area contributed by atoms with Crippen LogP contribution in [0.3, 0.4) is 0 Å². The van der Waals surface area contributed by atoms with Gasteiger partial charge in [0.05, 0.1) is 6.42 Å². The van der Waals surface area contributed by atoms with Crippen LogP contribution in [-0.2, 0) is 25.6 Å². The van der Waals surface area contributed by atoms with Crippen molar-refractivity contribution in [1.82, 2.24) is 5.48 Å². The van der Waals surface area contributed by atoms with Crippen molar-refractivity contribution in [3.05, 3.63) is 40.2 Å². The Morgan fingerprint density at radius 1 is 1.28 bits per heavy atom. The lowest BCUT2D eigenvalue weighted by atomic mass is 10.1. The number of carbonyl (C=O) groups is 3. The fraction of sp³-hybridized carbons (Fsp3) is 0.294. The molecule has 0 spiro atoms. The highest BCUT2D eigenvalue weighted by atomic mass is 16.7. The van der Waals surface area contributed by atoms with Gasteiger partial charge in [0.15, 0.2) is 0 Å². The maximum absolute atomic E-state index is 11.9. The summed E-state index contributed by atoms with van der Waals surface area (Å²) in [6.45, 7) is 0. The van der Waals surface area contributed by atoms with E-state index in [-0.39, 0.29) is 19.3 Å². The Kier molecular flexibility index (Phi) is 5.89. The molecule has 8 heteroatoms. The lowest BCUT2D eigenvalue weighted by Crippen LogP contribution is -2.27. The number of rotatable bonds is 6. The monoisotopic (exact) mass is 346 g/mol. The number of hydrogen-bond acceptors (Lipinski definition) is 7. The van der Waals surface area contributed by atoms with Gasteiger partial charge in [-0.15, -0.1) is 0 Å². The van der Waals surface area contributed by atoms with Gasteiger partial charge in [-0.1, -0.05) is 0 Å². The molecule has 8 nitrogen and oxygen atoms in total. The molecule has 1 heterocycles. The van der Waals surface area contributed by atoms with Crippen LogP contribution in [0.4, 0.5) is 5.69 Å². The second-order valence-electron chi connectivity index (χ2n) is 5.55. The van der Waals surface area contributed by atoms with E-state index >= 15 is 0 Å². The normalized spacial score (nSPS) is 10.3. The SMILES string of the molecule is CN(C)c1ccc2c(CC(=O)ONC(=O)CCC=O)cc(=O)oc2c1. The largest absolute Gasteiger partial charge is 0.423 e. The number of anilines is 1. The second-order valence-corrected chi connectivity index (χ2v) is 5.55. The fourth-order valence-corrected chi connectivity index (χ4v) is 2.19. The fourth-order valence-electron chi connectivity index (χ4n) is 2.19. The Bertz CT molecular complexity index is 856. The van der Waals surface area contributed by atoms with Crippen LogP contribution in [0.15, 0.2) is 33.5 Å². The van der Waals surface area contributed by atoms with E-state index in [1.807, 2.05) is 30.5 Å². The Labute approximate surface area is 143 Å². The number of nitrogens with one attached hydrogen (secondary N) is 1. The zero-order valence-electron chi connectivity index (χ0n) is 13.9. The predicted octanol–water partition coefficient (Wildman–Crippen LogP) is 0.955. The van der Waals surface area contributed by atoms with E-state index in [1.165, 1.54) is 6.07 Å². The molecule has 2 rings (SSSR count). The van der Waals surface area contributed by atoms with Gasteiger partial charge in [0.25, 0.3) is 5.91 Å². The number of carbonyl (C=O) groups excluding carboxylic acids is 3. The highest BCUT2D eigenvalue weighted by Crippen LogP contribution is 2.23. The third kappa shape index (κ3) is 4.90. The molecule has 0 bridgehead atoms. The van der Waals surface area contributed by atoms with Crippen molar-refractivity contribution in [2.45, 2.75) is 19.3 Å². The van der Waals surface area contributed by atoms with Gasteiger partial charge in [-0.3, -0.25) is 4.79 Å². The number of hydroxylamine groups is 1. The maximum atomic E-state index is 11.9. The Morgan fingerprint density at radius 3 is 2.72 bits per heavy atom. The van der Waals surface area contributed by atoms with Crippen LogP contribution in [0.1, 0.15) is 18.4 Å². The molecule has 0 aliphatic rings. The molecule has 0 aliphatic heterocycles. The van der Waals surface area contributed by atoms with Crippen molar-refractivity contribution < 1.29 is 23.6 Å². The summed E-state index contributed by atoms with van der Waals surface area (Å²) < 4.78 is 5.18. The van der Waals surface area contributed by atoms with Gasteiger partial charge in [0.2, 0.25) is 0 Å². The van der Waals surface area contributed by atoms with Crippen molar-refractivity contribution in [2.75, 3.05) is 19.0 Å². The molecule has 0 saturated carbocycles. The molecule has 0 aliphatic carbocycles. The first-order valence-corrected chi connectivity index (χ1v) is 7.57. The average Bonchev–Trinajstić information content (AvgIpc) is 2.57. The summed E-state index contributed by atoms with van der Waals surface area (Å²) in [6.07, 6.45) is 0.361. The number of benzene rings is 1. The van der Waals surface area contributed by atoms with Gasteiger partial charge < -0.3 is 18.9 Å². The van der Waals surface area contributed by atoms with Crippen LogP contribution in [0.2, 0.25) is 0 Å². The van der Waals surface area contributed by atoms with Crippen LogP contribution in [0.5, 0.6) is 0 Å². The molecule has 1 aromatic carbocycles. The molecule has 0 atom stereocenters.